The van der Waals surface area contributed by atoms with E-state index in [4.69, 9.17) is 9.15 Å². The molecule has 0 spiro atoms. The van der Waals surface area contributed by atoms with Crippen LogP contribution in [0, 0.1) is 5.82 Å². The van der Waals surface area contributed by atoms with Gasteiger partial charge in [-0.15, -0.1) is 0 Å². The number of benzene rings is 1. The molecule has 1 amide bonds. The van der Waals surface area contributed by atoms with E-state index < -0.39 is 0 Å². The fourth-order valence-electron chi connectivity index (χ4n) is 3.62. The molecule has 1 fully saturated rings. The number of amides is 1. The molecular weight excluding hydrogens is 323 g/mol. The number of hydrogen-bond acceptors (Lipinski definition) is 4. The average Bonchev–Trinajstić information content (AvgIpc) is 3.16. The summed E-state index contributed by atoms with van der Waals surface area (Å²) in [6.07, 6.45) is 5.57. The number of fused-ring (bicyclic) bond motifs is 1. The minimum absolute atomic E-state index is 0.0256. The van der Waals surface area contributed by atoms with Crippen molar-refractivity contribution in [1.29, 1.82) is 0 Å². The van der Waals surface area contributed by atoms with Crippen LogP contribution < -0.4 is 10.1 Å². The molecule has 2 aliphatic rings. The summed E-state index contributed by atoms with van der Waals surface area (Å²) in [6.45, 7) is 2.04. The summed E-state index contributed by atoms with van der Waals surface area (Å²) in [5, 5.41) is 3.61. The zero-order chi connectivity index (χ0) is 17.2. The minimum Gasteiger partial charge on any atom is -0.492 e. The van der Waals surface area contributed by atoms with Gasteiger partial charge >= 0.3 is 0 Å². The molecule has 0 saturated carbocycles. The van der Waals surface area contributed by atoms with E-state index in [0.29, 0.717) is 18.2 Å². The molecule has 4 rings (SSSR count). The Bertz CT molecular complexity index is 739. The Morgan fingerprint density at radius 2 is 2.04 bits per heavy atom. The third kappa shape index (κ3) is 3.54. The molecule has 1 N–H and O–H groups in total. The van der Waals surface area contributed by atoms with Gasteiger partial charge in [-0.1, -0.05) is 0 Å². The summed E-state index contributed by atoms with van der Waals surface area (Å²) in [5.74, 6) is 0.576. The first-order chi connectivity index (χ1) is 12.2. The quantitative estimate of drug-likeness (QED) is 0.930. The van der Waals surface area contributed by atoms with Gasteiger partial charge in [-0.05, 0) is 49.1 Å². The molecule has 0 aliphatic carbocycles. The first kappa shape index (κ1) is 16.1. The maximum atomic E-state index is 13.4. The second kappa shape index (κ2) is 6.88. The fraction of sp³-hybridized carbons (Fsp3) is 0.421. The Morgan fingerprint density at radius 3 is 2.80 bits per heavy atom. The van der Waals surface area contributed by atoms with Crippen molar-refractivity contribution >= 4 is 5.91 Å². The highest BCUT2D eigenvalue weighted by atomic mass is 19.1. The van der Waals surface area contributed by atoms with Crippen molar-refractivity contribution in [1.82, 2.24) is 10.2 Å². The van der Waals surface area contributed by atoms with Crippen molar-refractivity contribution in [3.63, 3.8) is 0 Å². The Hall–Kier alpha value is -2.34. The van der Waals surface area contributed by atoms with Crippen molar-refractivity contribution in [3.05, 3.63) is 53.7 Å². The van der Waals surface area contributed by atoms with Crippen LogP contribution in [0.1, 0.15) is 28.8 Å². The van der Waals surface area contributed by atoms with Crippen molar-refractivity contribution < 1.29 is 18.3 Å². The third-order valence-corrected chi connectivity index (χ3v) is 4.95. The van der Waals surface area contributed by atoms with Crippen molar-refractivity contribution in [3.8, 4) is 5.75 Å². The van der Waals surface area contributed by atoms with Crippen LogP contribution in [0.15, 0.2) is 41.2 Å². The first-order valence-electron chi connectivity index (χ1n) is 8.68. The number of halogens is 1. The Labute approximate surface area is 145 Å². The van der Waals surface area contributed by atoms with Gasteiger partial charge in [-0.25, -0.2) is 4.39 Å². The number of ether oxygens (including phenoxy) is 1. The summed E-state index contributed by atoms with van der Waals surface area (Å²) >= 11 is 0. The predicted octanol–water partition coefficient (Wildman–Crippen LogP) is 2.62. The van der Waals surface area contributed by atoms with Gasteiger partial charge in [0.2, 0.25) is 0 Å². The van der Waals surface area contributed by atoms with Crippen molar-refractivity contribution in [2.75, 3.05) is 19.7 Å². The van der Waals surface area contributed by atoms with E-state index in [2.05, 4.69) is 5.32 Å². The molecule has 6 heteroatoms. The predicted molar refractivity (Wildman–Crippen MR) is 90.2 cm³/mol. The second-order valence-electron chi connectivity index (χ2n) is 6.71. The van der Waals surface area contributed by atoms with E-state index >= 15 is 0 Å². The van der Waals surface area contributed by atoms with Gasteiger partial charge in [0.25, 0.3) is 5.91 Å². The number of carbonyl (C=O) groups is 1. The van der Waals surface area contributed by atoms with Crippen LogP contribution in [0.2, 0.25) is 0 Å². The molecule has 1 unspecified atom stereocenters. The SMILES string of the molecule is O=C(c1ccoc1)N1CCC(NC2COc3ccc(F)cc3C2)CC1. The van der Waals surface area contributed by atoms with Crippen LogP contribution >= 0.6 is 0 Å². The first-order valence-corrected chi connectivity index (χ1v) is 8.68. The number of rotatable bonds is 3. The van der Waals surface area contributed by atoms with Crippen LogP contribution in [0.25, 0.3) is 0 Å². The lowest BCUT2D eigenvalue weighted by molar-refractivity contribution is 0.0696. The number of nitrogens with one attached hydrogen (secondary N) is 1. The van der Waals surface area contributed by atoms with Crippen LogP contribution in [0.4, 0.5) is 4.39 Å². The number of likely N-dealkylation sites (tertiary alicyclic amines) is 1. The standard InChI is InChI=1S/C19H21FN2O3/c20-15-1-2-18-14(9-15)10-17(12-25-18)21-16-3-6-22(7-4-16)19(23)13-5-8-24-11-13/h1-2,5,8-9,11,16-17,21H,3-4,6-7,10,12H2. The van der Waals surface area contributed by atoms with E-state index in [1.54, 1.807) is 18.2 Å². The Morgan fingerprint density at radius 1 is 1.20 bits per heavy atom. The number of piperidine rings is 1. The van der Waals surface area contributed by atoms with Crippen molar-refractivity contribution in [2.45, 2.75) is 31.3 Å². The highest BCUT2D eigenvalue weighted by molar-refractivity contribution is 5.93. The normalized spacial score (nSPS) is 20.8. The topological polar surface area (TPSA) is 54.7 Å². The van der Waals surface area contributed by atoms with E-state index in [9.17, 15) is 9.18 Å². The lowest BCUT2D eigenvalue weighted by Crippen LogP contribution is -2.50. The molecule has 25 heavy (non-hydrogen) atoms. The maximum Gasteiger partial charge on any atom is 0.257 e. The molecule has 1 aromatic carbocycles. The number of carbonyl (C=O) groups excluding carboxylic acids is 1. The molecular formula is C19H21FN2O3. The summed E-state index contributed by atoms with van der Waals surface area (Å²) < 4.78 is 24.1. The molecule has 0 radical (unpaired) electrons. The maximum absolute atomic E-state index is 13.4. The van der Waals surface area contributed by atoms with Crippen LogP contribution in [0.3, 0.4) is 0 Å². The third-order valence-electron chi connectivity index (χ3n) is 4.95. The second-order valence-corrected chi connectivity index (χ2v) is 6.71. The zero-order valence-electron chi connectivity index (χ0n) is 13.9. The molecule has 132 valence electrons. The summed E-state index contributed by atoms with van der Waals surface area (Å²) in [7, 11) is 0. The van der Waals surface area contributed by atoms with Crippen molar-refractivity contribution in [2.24, 2.45) is 0 Å². The summed E-state index contributed by atoms with van der Waals surface area (Å²) in [4.78, 5) is 14.2. The highest BCUT2D eigenvalue weighted by Crippen LogP contribution is 2.26. The lowest BCUT2D eigenvalue weighted by Gasteiger charge is -2.35. The van der Waals surface area contributed by atoms with E-state index in [1.807, 2.05) is 4.90 Å². The molecule has 1 aromatic heterocycles. The monoisotopic (exact) mass is 344 g/mol. The smallest absolute Gasteiger partial charge is 0.257 e. The summed E-state index contributed by atoms with van der Waals surface area (Å²) in [5.41, 5.74) is 1.52. The lowest BCUT2D eigenvalue weighted by atomic mass is 9.98. The fourth-order valence-corrected chi connectivity index (χ4v) is 3.62. The minimum atomic E-state index is -0.228. The van der Waals surface area contributed by atoms with Crippen LogP contribution in [-0.4, -0.2) is 42.6 Å². The van der Waals surface area contributed by atoms with E-state index in [-0.39, 0.29) is 17.8 Å². The van der Waals surface area contributed by atoms with Gasteiger partial charge in [0.1, 0.15) is 24.4 Å². The van der Waals surface area contributed by atoms with Crippen LogP contribution in [0.5, 0.6) is 5.75 Å². The molecule has 1 atom stereocenters. The largest absolute Gasteiger partial charge is 0.492 e. The molecule has 2 aliphatic heterocycles. The number of furan rings is 1. The molecule has 3 heterocycles. The highest BCUT2D eigenvalue weighted by Gasteiger charge is 2.27. The van der Waals surface area contributed by atoms with E-state index in [1.165, 1.54) is 18.6 Å². The van der Waals surface area contributed by atoms with Gasteiger partial charge in [-0.3, -0.25) is 4.79 Å². The molecule has 1 saturated heterocycles. The van der Waals surface area contributed by atoms with E-state index in [0.717, 1.165) is 43.7 Å². The van der Waals surface area contributed by atoms with Crippen LogP contribution in [-0.2, 0) is 6.42 Å². The Balaban J connectivity index is 1.30. The van der Waals surface area contributed by atoms with Gasteiger partial charge in [0.05, 0.1) is 11.8 Å². The summed E-state index contributed by atoms with van der Waals surface area (Å²) in [6, 6.07) is 6.89. The van der Waals surface area contributed by atoms with Gasteiger partial charge in [0, 0.05) is 25.2 Å². The zero-order valence-corrected chi connectivity index (χ0v) is 13.9. The Kier molecular flexibility index (Phi) is 4.44. The molecule has 0 bridgehead atoms. The average molecular weight is 344 g/mol. The molecule has 2 aromatic rings. The number of hydrogen-bond donors (Lipinski definition) is 1. The van der Waals surface area contributed by atoms with Gasteiger partial charge in [-0.2, -0.15) is 0 Å². The van der Waals surface area contributed by atoms with Gasteiger partial charge in [0.15, 0.2) is 0 Å². The van der Waals surface area contributed by atoms with Gasteiger partial charge < -0.3 is 19.4 Å². The number of nitrogens with zero attached hydrogens (tertiary/aromatic N) is 1. The molecule has 5 nitrogen and oxygen atoms in total.